The molecule has 0 bridgehead atoms. The van der Waals surface area contributed by atoms with E-state index in [4.69, 9.17) is 4.74 Å². The first-order valence-corrected chi connectivity index (χ1v) is 5.48. The van der Waals surface area contributed by atoms with Gasteiger partial charge in [0, 0.05) is 25.7 Å². The second-order valence-electron chi connectivity index (χ2n) is 4.09. The molecule has 82 valence electrons. The molecule has 0 amide bonds. The monoisotopic (exact) mass is 199 g/mol. The van der Waals surface area contributed by atoms with Crippen LogP contribution in [0.25, 0.3) is 0 Å². The summed E-state index contributed by atoms with van der Waals surface area (Å²) in [6, 6.07) is 0.489. The molecule has 0 radical (unpaired) electrons. The molecule has 1 atom stereocenters. The molecule has 1 N–H and O–H groups in total. The number of Topliss-reactive ketones (excluding diaryl/α,β-unsaturated/α-hetero) is 1. The van der Waals surface area contributed by atoms with Crippen molar-refractivity contribution in [3.63, 3.8) is 0 Å². The molecule has 1 saturated heterocycles. The number of carbonyl (C=O) groups excluding carboxylic acids is 1. The second kappa shape index (κ2) is 6.14. The molecule has 3 nitrogen and oxygen atoms in total. The van der Waals surface area contributed by atoms with Gasteiger partial charge in [0.05, 0.1) is 0 Å². The molecule has 0 spiro atoms. The van der Waals surface area contributed by atoms with Crippen LogP contribution >= 0.6 is 0 Å². The van der Waals surface area contributed by atoms with Gasteiger partial charge in [0.2, 0.25) is 0 Å². The van der Waals surface area contributed by atoms with Crippen molar-refractivity contribution in [2.45, 2.75) is 38.6 Å². The summed E-state index contributed by atoms with van der Waals surface area (Å²) in [5, 5.41) is 3.32. The maximum atomic E-state index is 10.9. The Kier molecular flexibility index (Phi) is 5.12. The van der Waals surface area contributed by atoms with Crippen molar-refractivity contribution in [3.05, 3.63) is 0 Å². The van der Waals surface area contributed by atoms with Gasteiger partial charge >= 0.3 is 0 Å². The highest BCUT2D eigenvalue weighted by Crippen LogP contribution is 2.21. The molecule has 1 heterocycles. The third-order valence-corrected chi connectivity index (χ3v) is 3.01. The van der Waals surface area contributed by atoms with Crippen molar-refractivity contribution < 1.29 is 9.53 Å². The Balaban J connectivity index is 2.31. The predicted octanol–water partition coefficient (Wildman–Crippen LogP) is 1.37. The molecule has 1 unspecified atom stereocenters. The number of rotatable bonds is 5. The van der Waals surface area contributed by atoms with Crippen LogP contribution in [0.1, 0.15) is 32.6 Å². The van der Waals surface area contributed by atoms with E-state index in [2.05, 4.69) is 5.32 Å². The summed E-state index contributed by atoms with van der Waals surface area (Å²) in [7, 11) is 1.99. The summed E-state index contributed by atoms with van der Waals surface area (Å²) in [6.07, 6.45) is 3.92. The fourth-order valence-corrected chi connectivity index (χ4v) is 2.09. The topological polar surface area (TPSA) is 38.3 Å². The largest absolute Gasteiger partial charge is 0.381 e. The van der Waals surface area contributed by atoms with Gasteiger partial charge in [0.15, 0.2) is 0 Å². The van der Waals surface area contributed by atoms with Gasteiger partial charge in [-0.15, -0.1) is 0 Å². The van der Waals surface area contributed by atoms with Crippen molar-refractivity contribution in [2.75, 3.05) is 20.3 Å². The van der Waals surface area contributed by atoms with Crippen LogP contribution in [0.3, 0.4) is 0 Å². The first-order chi connectivity index (χ1) is 6.74. The highest BCUT2D eigenvalue weighted by atomic mass is 16.5. The molecule has 0 aliphatic carbocycles. The third kappa shape index (κ3) is 3.76. The van der Waals surface area contributed by atoms with Crippen LogP contribution in [0.2, 0.25) is 0 Å². The van der Waals surface area contributed by atoms with E-state index in [1.807, 2.05) is 7.05 Å². The van der Waals surface area contributed by atoms with Gasteiger partial charge in [-0.05, 0) is 39.2 Å². The zero-order chi connectivity index (χ0) is 10.4. The Morgan fingerprint density at radius 3 is 2.64 bits per heavy atom. The first-order valence-electron chi connectivity index (χ1n) is 5.48. The summed E-state index contributed by atoms with van der Waals surface area (Å²) in [4.78, 5) is 10.9. The second-order valence-corrected chi connectivity index (χ2v) is 4.09. The van der Waals surface area contributed by atoms with Crippen molar-refractivity contribution in [2.24, 2.45) is 5.92 Å². The van der Waals surface area contributed by atoms with Crippen LogP contribution in [0.5, 0.6) is 0 Å². The van der Waals surface area contributed by atoms with Crippen LogP contribution in [-0.4, -0.2) is 32.1 Å². The highest BCUT2D eigenvalue weighted by molar-refractivity contribution is 5.75. The Hall–Kier alpha value is -0.410. The number of ketones is 1. The molecular weight excluding hydrogens is 178 g/mol. The Bertz CT molecular complexity index is 176. The minimum absolute atomic E-state index is 0.289. The average molecular weight is 199 g/mol. The van der Waals surface area contributed by atoms with Crippen LogP contribution in [0.15, 0.2) is 0 Å². The van der Waals surface area contributed by atoms with Crippen molar-refractivity contribution in [1.82, 2.24) is 5.32 Å². The molecule has 1 aliphatic heterocycles. The minimum Gasteiger partial charge on any atom is -0.381 e. The van der Waals surface area contributed by atoms with E-state index in [0.29, 0.717) is 18.4 Å². The molecule has 0 aromatic carbocycles. The lowest BCUT2D eigenvalue weighted by Crippen LogP contribution is -2.37. The summed E-state index contributed by atoms with van der Waals surface area (Å²) in [6.45, 7) is 3.42. The summed E-state index contributed by atoms with van der Waals surface area (Å²) < 4.78 is 5.33. The van der Waals surface area contributed by atoms with Gasteiger partial charge in [-0.2, -0.15) is 0 Å². The van der Waals surface area contributed by atoms with E-state index in [9.17, 15) is 4.79 Å². The van der Waals surface area contributed by atoms with E-state index in [0.717, 1.165) is 32.5 Å². The normalized spacial score (nSPS) is 20.7. The lowest BCUT2D eigenvalue weighted by Gasteiger charge is -2.29. The standard InChI is InChI=1S/C11H21NO2/c1-9(13)3-4-11(12-2)10-5-7-14-8-6-10/h10-12H,3-8H2,1-2H3. The molecule has 14 heavy (non-hydrogen) atoms. The third-order valence-electron chi connectivity index (χ3n) is 3.01. The van der Waals surface area contributed by atoms with E-state index >= 15 is 0 Å². The van der Waals surface area contributed by atoms with Gasteiger partial charge < -0.3 is 14.8 Å². The van der Waals surface area contributed by atoms with Crippen molar-refractivity contribution in [3.8, 4) is 0 Å². The lowest BCUT2D eigenvalue weighted by atomic mass is 9.88. The first kappa shape index (κ1) is 11.7. The number of nitrogens with one attached hydrogen (secondary N) is 1. The van der Waals surface area contributed by atoms with Gasteiger partial charge in [-0.25, -0.2) is 0 Å². The Morgan fingerprint density at radius 2 is 2.14 bits per heavy atom. The number of carbonyl (C=O) groups is 1. The maximum absolute atomic E-state index is 10.9. The molecular formula is C11H21NO2. The smallest absolute Gasteiger partial charge is 0.129 e. The van der Waals surface area contributed by atoms with Crippen LogP contribution in [-0.2, 0) is 9.53 Å². The molecule has 1 rings (SSSR count). The van der Waals surface area contributed by atoms with Crippen LogP contribution in [0, 0.1) is 5.92 Å². The van der Waals surface area contributed by atoms with Gasteiger partial charge in [0.1, 0.15) is 5.78 Å². The highest BCUT2D eigenvalue weighted by Gasteiger charge is 2.22. The lowest BCUT2D eigenvalue weighted by molar-refractivity contribution is -0.117. The van der Waals surface area contributed by atoms with Crippen molar-refractivity contribution in [1.29, 1.82) is 0 Å². The quantitative estimate of drug-likeness (QED) is 0.726. The summed E-state index contributed by atoms with van der Waals surface area (Å²) >= 11 is 0. The fourth-order valence-electron chi connectivity index (χ4n) is 2.09. The Labute approximate surface area is 86.2 Å². The zero-order valence-electron chi connectivity index (χ0n) is 9.21. The number of hydrogen-bond donors (Lipinski definition) is 1. The average Bonchev–Trinajstić information content (AvgIpc) is 2.20. The van der Waals surface area contributed by atoms with Crippen LogP contribution < -0.4 is 5.32 Å². The summed E-state index contributed by atoms with van der Waals surface area (Å²) in [5.74, 6) is 0.977. The molecule has 1 fully saturated rings. The summed E-state index contributed by atoms with van der Waals surface area (Å²) in [5.41, 5.74) is 0. The van der Waals surface area contributed by atoms with Crippen LogP contribution in [0.4, 0.5) is 0 Å². The molecule has 1 aliphatic rings. The molecule has 3 heteroatoms. The molecule has 0 saturated carbocycles. The maximum Gasteiger partial charge on any atom is 0.129 e. The van der Waals surface area contributed by atoms with E-state index in [-0.39, 0.29) is 5.78 Å². The molecule has 0 aromatic heterocycles. The number of ether oxygens (including phenoxy) is 1. The van der Waals surface area contributed by atoms with E-state index in [1.54, 1.807) is 6.92 Å². The Morgan fingerprint density at radius 1 is 1.50 bits per heavy atom. The van der Waals surface area contributed by atoms with Crippen molar-refractivity contribution >= 4 is 5.78 Å². The SMILES string of the molecule is CNC(CCC(C)=O)C1CCOCC1. The van der Waals surface area contributed by atoms with E-state index < -0.39 is 0 Å². The van der Waals surface area contributed by atoms with Gasteiger partial charge in [-0.1, -0.05) is 0 Å². The minimum atomic E-state index is 0.289. The van der Waals surface area contributed by atoms with E-state index in [1.165, 1.54) is 0 Å². The number of hydrogen-bond acceptors (Lipinski definition) is 3. The van der Waals surface area contributed by atoms with Gasteiger partial charge in [0.25, 0.3) is 0 Å². The predicted molar refractivity (Wildman–Crippen MR) is 56.3 cm³/mol. The van der Waals surface area contributed by atoms with Gasteiger partial charge in [-0.3, -0.25) is 0 Å². The zero-order valence-corrected chi connectivity index (χ0v) is 9.21. The molecule has 0 aromatic rings. The fraction of sp³-hybridized carbons (Fsp3) is 0.909.